The Hall–Kier alpha value is 1.87. The normalized spacial score (nSPS) is 11.2. The molecule has 0 radical (unpaired) electrons. The van der Waals surface area contributed by atoms with Gasteiger partial charge in [0.25, 0.3) is 0 Å². The molecule has 0 unspecified atom stereocenters. The maximum atomic E-state index is 10.2. The van der Waals surface area contributed by atoms with Crippen LogP contribution < -0.4 is 29.6 Å². The Morgan fingerprint density at radius 1 is 0.462 bits per heavy atom. The van der Waals surface area contributed by atoms with E-state index in [-0.39, 0.29) is 36.2 Å². The Bertz CT molecular complexity index is 506. The van der Waals surface area contributed by atoms with E-state index in [0.717, 1.165) is 12.8 Å². The van der Waals surface area contributed by atoms with Crippen molar-refractivity contribution in [2.75, 3.05) is 6.61 Å². The van der Waals surface area contributed by atoms with E-state index in [1.54, 1.807) is 0 Å². The van der Waals surface area contributed by atoms with Crippen LogP contribution in [0.2, 0.25) is 3.67 Å². The van der Waals surface area contributed by atoms with Gasteiger partial charge >= 0.3 is 132 Å². The molecular weight excluding hydrogens is 526 g/mol. The fourth-order valence-corrected chi connectivity index (χ4v) is 5.72. The molecule has 0 fully saturated rings. The van der Waals surface area contributed by atoms with Crippen LogP contribution in [0.4, 0.5) is 0 Å². The van der Waals surface area contributed by atoms with E-state index in [1.807, 2.05) is 0 Å². The van der Waals surface area contributed by atoms with Gasteiger partial charge in [-0.3, -0.25) is 4.18 Å². The molecule has 0 heterocycles. The maximum absolute atomic E-state index is 10.2. The van der Waals surface area contributed by atoms with E-state index in [2.05, 4.69) is 18.0 Å². The topological polar surface area (TPSA) is 66.4 Å². The first-order chi connectivity index (χ1) is 18.5. The van der Waals surface area contributed by atoms with Crippen LogP contribution in [0, 0.1) is 0 Å². The Morgan fingerprint density at radius 3 is 0.923 bits per heavy atom. The molecule has 0 aliphatic carbocycles. The summed E-state index contributed by atoms with van der Waals surface area (Å²) in [5.74, 6) is 0. The molecule has 0 atom stereocenters. The van der Waals surface area contributed by atoms with Crippen molar-refractivity contribution >= 4 is 38.3 Å². The second-order valence-corrected chi connectivity index (χ2v) is 13.5. The minimum Gasteiger partial charge on any atom is 1.00 e. The molecule has 0 saturated heterocycles. The molecule has 0 rings (SSSR count). The maximum Gasteiger partial charge on any atom is 1.00 e. The molecule has 0 saturated carbocycles. The van der Waals surface area contributed by atoms with Gasteiger partial charge in [-0.25, -0.2) is 8.42 Å². The van der Waals surface area contributed by atoms with E-state index in [1.165, 1.54) is 192 Å². The summed E-state index contributed by atoms with van der Waals surface area (Å²) in [6, 6.07) is 0. The van der Waals surface area contributed by atoms with Crippen LogP contribution in [0.1, 0.15) is 194 Å². The van der Waals surface area contributed by atoms with Gasteiger partial charge in [0.2, 0.25) is 10.4 Å². The van der Waals surface area contributed by atoms with Gasteiger partial charge in [0.1, 0.15) is 0 Å². The van der Waals surface area contributed by atoms with Gasteiger partial charge in [0.15, 0.2) is 0 Å². The first kappa shape index (κ1) is 45.3. The SMILES string of the molecule is CCCCCCCCCCCCCCCCCCOS(=O)(=O)[O-].CCCCCCCCCCCCC[CH2][Na].[Na+]. The summed E-state index contributed by atoms with van der Waals surface area (Å²) in [6.07, 6.45) is 38.0. The predicted molar refractivity (Wildman–Crippen MR) is 167 cm³/mol. The first-order valence-corrected chi connectivity index (χ1v) is 19.8. The van der Waals surface area contributed by atoms with Crippen molar-refractivity contribution in [3.63, 3.8) is 0 Å². The molecule has 0 aromatic carbocycles. The predicted octanol–water partition coefficient (Wildman–Crippen LogP) is 8.00. The van der Waals surface area contributed by atoms with E-state index in [0.29, 0.717) is 6.42 Å². The van der Waals surface area contributed by atoms with Crippen molar-refractivity contribution in [2.45, 2.75) is 197 Å². The van der Waals surface area contributed by atoms with Crippen LogP contribution in [0.3, 0.4) is 0 Å². The van der Waals surface area contributed by atoms with E-state index < -0.39 is 10.4 Å². The van der Waals surface area contributed by atoms with Crippen molar-refractivity contribution in [3.05, 3.63) is 0 Å². The first-order valence-electron chi connectivity index (χ1n) is 17.1. The van der Waals surface area contributed by atoms with Gasteiger partial charge < -0.3 is 4.55 Å². The fraction of sp³-hybridized carbons (Fsp3) is 1.00. The zero-order valence-electron chi connectivity index (χ0n) is 27.3. The third-order valence-corrected chi connectivity index (χ3v) is 8.60. The van der Waals surface area contributed by atoms with Crippen LogP contribution in [-0.2, 0) is 14.6 Å². The monoisotopic (exact) mass is 592 g/mol. The van der Waals surface area contributed by atoms with Gasteiger partial charge in [-0.2, -0.15) is 0 Å². The smallest absolute Gasteiger partial charge is 1.00 e. The molecule has 0 aromatic rings. The Labute approximate surface area is 286 Å². The second-order valence-electron chi connectivity index (χ2n) is 11.4. The molecule has 7 heteroatoms. The van der Waals surface area contributed by atoms with Gasteiger partial charge in [-0.15, -0.1) is 0 Å². The Balaban J connectivity index is -0.000000705. The molecule has 0 bridgehead atoms. The molecule has 0 N–H and O–H groups in total. The van der Waals surface area contributed by atoms with Gasteiger partial charge in [-0.05, 0) is 6.42 Å². The molecular formula is C32H66Na2O4S. The van der Waals surface area contributed by atoms with Crippen LogP contribution in [0.5, 0.6) is 0 Å². The van der Waals surface area contributed by atoms with E-state index in [9.17, 15) is 13.0 Å². The number of rotatable bonds is 30. The van der Waals surface area contributed by atoms with E-state index in [4.69, 9.17) is 0 Å². The minimum atomic E-state index is -4.49. The van der Waals surface area contributed by atoms with Crippen molar-refractivity contribution in [2.24, 2.45) is 0 Å². The standard InChI is InChI=1S/C18H38O4S.C14H29.2Na/c1-2-3-4-5-6-7-8-9-10-11-12-13-14-15-16-17-18-22-23(19,20)21;1-3-5-7-9-11-13-14-12-10-8-6-4-2;;/h2-18H2,1H3,(H,19,20,21);1,3-14H2,2H3;;/q;;;+1/p-1. The number of hydrogen-bond donors (Lipinski definition) is 0. The number of hydrogen-bond acceptors (Lipinski definition) is 4. The Morgan fingerprint density at radius 2 is 0.692 bits per heavy atom. The Kier molecular flexibility index (Phi) is 46.3. The summed E-state index contributed by atoms with van der Waals surface area (Å²) < 4.78 is 36.3. The summed E-state index contributed by atoms with van der Waals surface area (Å²) in [4.78, 5) is 0. The van der Waals surface area contributed by atoms with Gasteiger partial charge in [-0.1, -0.05) is 117 Å². The average molecular weight is 593 g/mol. The third kappa shape index (κ3) is 49.8. The number of unbranched alkanes of at least 4 members (excludes halogenated alkanes) is 26. The summed E-state index contributed by atoms with van der Waals surface area (Å²) in [5, 5.41) is 0. The molecule has 4 nitrogen and oxygen atoms in total. The minimum absolute atomic E-state index is 0. The van der Waals surface area contributed by atoms with Crippen molar-refractivity contribution in [1.82, 2.24) is 0 Å². The summed E-state index contributed by atoms with van der Waals surface area (Å²) in [5.41, 5.74) is 0. The van der Waals surface area contributed by atoms with Crippen molar-refractivity contribution in [1.29, 1.82) is 0 Å². The third-order valence-electron chi connectivity index (χ3n) is 7.43. The summed E-state index contributed by atoms with van der Waals surface area (Å²) in [6.45, 7) is 4.58. The summed E-state index contributed by atoms with van der Waals surface area (Å²) >= 11 is 1.41. The van der Waals surface area contributed by atoms with Crippen molar-refractivity contribution in [3.8, 4) is 0 Å². The van der Waals surface area contributed by atoms with Gasteiger partial charge in [0.05, 0.1) is 6.61 Å². The van der Waals surface area contributed by atoms with Crippen LogP contribution in [-0.4, -0.2) is 47.5 Å². The molecule has 226 valence electrons. The van der Waals surface area contributed by atoms with Crippen molar-refractivity contribution < 1.29 is 46.7 Å². The molecule has 0 aliphatic rings. The molecule has 0 aromatic heterocycles. The van der Waals surface area contributed by atoms with E-state index >= 15 is 0 Å². The van der Waals surface area contributed by atoms with Crippen LogP contribution in [0.25, 0.3) is 0 Å². The van der Waals surface area contributed by atoms with Crippen LogP contribution in [0.15, 0.2) is 0 Å². The molecule has 0 amide bonds. The second kappa shape index (κ2) is 39.9. The summed E-state index contributed by atoms with van der Waals surface area (Å²) in [7, 11) is -4.49. The molecule has 0 aliphatic heterocycles. The zero-order valence-corrected chi connectivity index (χ0v) is 32.1. The average Bonchev–Trinajstić information content (AvgIpc) is 2.89. The zero-order chi connectivity index (χ0) is 28.4. The van der Waals surface area contributed by atoms with Crippen LogP contribution >= 0.6 is 0 Å². The van der Waals surface area contributed by atoms with Gasteiger partial charge in [0, 0.05) is 0 Å². The largest absolute Gasteiger partial charge is 1.00 e. The fourth-order valence-electron chi connectivity index (χ4n) is 4.90. The molecule has 0 spiro atoms. The quantitative estimate of drug-likeness (QED) is 0.0367. The molecule has 39 heavy (non-hydrogen) atoms.